The fourth-order valence-corrected chi connectivity index (χ4v) is 2.32. The Labute approximate surface area is 141 Å². The van der Waals surface area contributed by atoms with Crippen molar-refractivity contribution in [2.75, 3.05) is 11.9 Å². The third-order valence-electron chi connectivity index (χ3n) is 2.75. The molecule has 6 heteroatoms. The number of amides is 1. The van der Waals surface area contributed by atoms with Crippen molar-refractivity contribution in [3.63, 3.8) is 0 Å². The number of halogens is 1. The fraction of sp³-hybridized carbons (Fsp3) is 0.0625. The van der Waals surface area contributed by atoms with E-state index >= 15 is 0 Å². The predicted molar refractivity (Wildman–Crippen MR) is 89.2 cm³/mol. The minimum absolute atomic E-state index is 0.347. The number of para-hydroxylation sites is 1. The van der Waals surface area contributed by atoms with Crippen molar-refractivity contribution in [1.82, 2.24) is 0 Å². The van der Waals surface area contributed by atoms with Gasteiger partial charge in [-0.2, -0.15) is 5.26 Å². The zero-order valence-electron chi connectivity index (χ0n) is 11.4. The van der Waals surface area contributed by atoms with E-state index in [0.29, 0.717) is 16.8 Å². The molecule has 2 aromatic rings. The van der Waals surface area contributed by atoms with Crippen LogP contribution in [0.25, 0.3) is 0 Å². The largest absolute Gasteiger partial charge is 0.452 e. The third-order valence-corrected chi connectivity index (χ3v) is 3.69. The van der Waals surface area contributed by atoms with Crippen molar-refractivity contribution < 1.29 is 14.3 Å². The highest BCUT2D eigenvalue weighted by Gasteiger charge is 2.13. The SMILES string of the molecule is N#Cc1ccccc1NC(=O)COC(=O)c1ccccc1I. The Morgan fingerprint density at radius 3 is 2.55 bits per heavy atom. The summed E-state index contributed by atoms with van der Waals surface area (Å²) in [4.78, 5) is 23.7. The highest BCUT2D eigenvalue weighted by molar-refractivity contribution is 14.1. The summed E-state index contributed by atoms with van der Waals surface area (Å²) < 4.78 is 5.73. The number of ether oxygens (including phenoxy) is 1. The van der Waals surface area contributed by atoms with Crippen LogP contribution in [0.15, 0.2) is 48.5 Å². The van der Waals surface area contributed by atoms with Crippen LogP contribution in [0.5, 0.6) is 0 Å². The Bertz CT molecular complexity index is 753. The number of carbonyl (C=O) groups excluding carboxylic acids is 2. The number of anilines is 1. The minimum atomic E-state index is -0.561. The first-order chi connectivity index (χ1) is 10.6. The zero-order valence-corrected chi connectivity index (χ0v) is 13.5. The van der Waals surface area contributed by atoms with Crippen LogP contribution in [-0.2, 0) is 9.53 Å². The van der Waals surface area contributed by atoms with Crippen LogP contribution in [0.1, 0.15) is 15.9 Å². The van der Waals surface area contributed by atoms with E-state index in [-0.39, 0.29) is 0 Å². The number of esters is 1. The Morgan fingerprint density at radius 1 is 1.14 bits per heavy atom. The molecule has 0 unspecified atom stereocenters. The summed E-state index contributed by atoms with van der Waals surface area (Å²) >= 11 is 2.02. The van der Waals surface area contributed by atoms with Gasteiger partial charge in [0.25, 0.3) is 5.91 Å². The van der Waals surface area contributed by atoms with Gasteiger partial charge in [-0.15, -0.1) is 0 Å². The number of carbonyl (C=O) groups is 2. The Hall–Kier alpha value is -2.40. The molecule has 5 nitrogen and oxygen atoms in total. The predicted octanol–water partition coefficient (Wildman–Crippen LogP) is 2.96. The van der Waals surface area contributed by atoms with Gasteiger partial charge in [0.05, 0.1) is 16.8 Å². The van der Waals surface area contributed by atoms with E-state index in [4.69, 9.17) is 10.00 Å². The monoisotopic (exact) mass is 406 g/mol. The average Bonchev–Trinajstić information content (AvgIpc) is 2.53. The van der Waals surface area contributed by atoms with E-state index < -0.39 is 18.5 Å². The Morgan fingerprint density at radius 2 is 1.82 bits per heavy atom. The molecule has 0 spiro atoms. The van der Waals surface area contributed by atoms with Crippen molar-refractivity contribution in [2.45, 2.75) is 0 Å². The normalized spacial score (nSPS) is 9.64. The van der Waals surface area contributed by atoms with Crippen molar-refractivity contribution >= 4 is 40.2 Å². The number of hydrogen-bond donors (Lipinski definition) is 1. The van der Waals surface area contributed by atoms with Gasteiger partial charge in [-0.1, -0.05) is 24.3 Å². The number of benzene rings is 2. The lowest BCUT2D eigenvalue weighted by molar-refractivity contribution is -0.119. The van der Waals surface area contributed by atoms with Crippen LogP contribution >= 0.6 is 22.6 Å². The second-order valence-corrected chi connectivity index (χ2v) is 5.42. The lowest BCUT2D eigenvalue weighted by Gasteiger charge is -2.08. The Kier molecular flexibility index (Phi) is 5.49. The molecule has 0 aliphatic heterocycles. The molecule has 0 saturated heterocycles. The first kappa shape index (κ1) is 16.0. The van der Waals surface area contributed by atoms with Gasteiger partial charge in [0.2, 0.25) is 0 Å². The molecule has 0 aromatic heterocycles. The molecular weight excluding hydrogens is 395 g/mol. The van der Waals surface area contributed by atoms with E-state index in [0.717, 1.165) is 3.57 Å². The number of hydrogen-bond acceptors (Lipinski definition) is 4. The first-order valence-electron chi connectivity index (χ1n) is 6.32. The van der Waals surface area contributed by atoms with Gasteiger partial charge in [-0.3, -0.25) is 4.79 Å². The van der Waals surface area contributed by atoms with Gasteiger partial charge in [-0.05, 0) is 46.9 Å². The number of nitriles is 1. The van der Waals surface area contributed by atoms with Gasteiger partial charge < -0.3 is 10.1 Å². The number of nitrogens with zero attached hydrogens (tertiary/aromatic N) is 1. The summed E-state index contributed by atoms with van der Waals surface area (Å²) in [6.45, 7) is -0.413. The third kappa shape index (κ3) is 4.05. The lowest BCUT2D eigenvalue weighted by Crippen LogP contribution is -2.21. The highest BCUT2D eigenvalue weighted by atomic mass is 127. The zero-order chi connectivity index (χ0) is 15.9. The molecule has 110 valence electrons. The summed E-state index contributed by atoms with van der Waals surface area (Å²) in [6, 6.07) is 15.5. The Balaban J connectivity index is 1.95. The molecule has 1 amide bonds. The molecule has 0 bridgehead atoms. The summed E-state index contributed by atoms with van der Waals surface area (Å²) in [5, 5.41) is 11.5. The van der Waals surface area contributed by atoms with Crippen LogP contribution in [-0.4, -0.2) is 18.5 Å². The van der Waals surface area contributed by atoms with E-state index in [9.17, 15) is 9.59 Å². The summed E-state index contributed by atoms with van der Waals surface area (Å²) in [6.07, 6.45) is 0. The van der Waals surface area contributed by atoms with Crippen molar-refractivity contribution in [3.8, 4) is 6.07 Å². The standard InChI is InChI=1S/C16H11IN2O3/c17-13-7-3-2-6-12(13)16(21)22-10-15(20)19-14-8-4-1-5-11(14)9-18/h1-8H,10H2,(H,19,20). The summed E-state index contributed by atoms with van der Waals surface area (Å²) in [5.41, 5.74) is 1.15. The maximum Gasteiger partial charge on any atom is 0.339 e. The molecule has 0 aliphatic carbocycles. The second kappa shape index (κ2) is 7.56. The number of rotatable bonds is 4. The van der Waals surface area contributed by atoms with Crippen molar-refractivity contribution in [1.29, 1.82) is 5.26 Å². The van der Waals surface area contributed by atoms with E-state index in [2.05, 4.69) is 5.32 Å². The van der Waals surface area contributed by atoms with E-state index in [1.807, 2.05) is 34.7 Å². The fourth-order valence-electron chi connectivity index (χ4n) is 1.71. The molecule has 0 heterocycles. The highest BCUT2D eigenvalue weighted by Crippen LogP contribution is 2.14. The van der Waals surface area contributed by atoms with Crippen LogP contribution < -0.4 is 5.32 Å². The van der Waals surface area contributed by atoms with Gasteiger partial charge in [0.15, 0.2) is 6.61 Å². The maximum absolute atomic E-state index is 11.9. The molecule has 2 aromatic carbocycles. The van der Waals surface area contributed by atoms with Crippen LogP contribution in [0, 0.1) is 14.9 Å². The molecule has 0 radical (unpaired) electrons. The first-order valence-corrected chi connectivity index (χ1v) is 7.40. The van der Waals surface area contributed by atoms with Gasteiger partial charge >= 0.3 is 5.97 Å². The van der Waals surface area contributed by atoms with Crippen LogP contribution in [0.4, 0.5) is 5.69 Å². The van der Waals surface area contributed by atoms with Gasteiger partial charge in [-0.25, -0.2) is 4.79 Å². The maximum atomic E-state index is 11.9. The molecule has 0 atom stereocenters. The van der Waals surface area contributed by atoms with Crippen molar-refractivity contribution in [2.24, 2.45) is 0 Å². The molecule has 0 fully saturated rings. The average molecular weight is 406 g/mol. The van der Waals surface area contributed by atoms with Crippen molar-refractivity contribution in [3.05, 3.63) is 63.2 Å². The smallest absolute Gasteiger partial charge is 0.339 e. The molecule has 22 heavy (non-hydrogen) atoms. The van der Waals surface area contributed by atoms with Gasteiger partial charge in [0, 0.05) is 3.57 Å². The quantitative estimate of drug-likeness (QED) is 0.626. The van der Waals surface area contributed by atoms with Crippen LogP contribution in [0.3, 0.4) is 0 Å². The summed E-state index contributed by atoms with van der Waals surface area (Å²) in [7, 11) is 0. The molecule has 0 aliphatic rings. The van der Waals surface area contributed by atoms with E-state index in [1.165, 1.54) is 0 Å². The molecule has 0 saturated carbocycles. The van der Waals surface area contributed by atoms with E-state index in [1.54, 1.807) is 42.5 Å². The molecule has 2 rings (SSSR count). The summed E-state index contributed by atoms with van der Waals surface area (Å²) in [5.74, 6) is -1.06. The van der Waals surface area contributed by atoms with Gasteiger partial charge in [0.1, 0.15) is 6.07 Å². The van der Waals surface area contributed by atoms with Crippen LogP contribution in [0.2, 0.25) is 0 Å². The molecular formula is C16H11IN2O3. The number of nitrogens with one attached hydrogen (secondary N) is 1. The molecule has 1 N–H and O–H groups in total. The lowest BCUT2D eigenvalue weighted by atomic mass is 10.2. The minimum Gasteiger partial charge on any atom is -0.452 e. The topological polar surface area (TPSA) is 79.2 Å². The second-order valence-electron chi connectivity index (χ2n) is 4.26.